The van der Waals surface area contributed by atoms with Crippen LogP contribution in [-0.4, -0.2) is 68.5 Å². The molecule has 0 aromatic heterocycles. The van der Waals surface area contributed by atoms with E-state index >= 15 is 0 Å². The Balaban J connectivity index is 4.25. The van der Waals surface area contributed by atoms with Crippen molar-refractivity contribution < 1.29 is 32.9 Å². The summed E-state index contributed by atoms with van der Waals surface area (Å²) in [6, 6.07) is -0.940. The van der Waals surface area contributed by atoms with Gasteiger partial charge in [0.1, 0.15) is 13.2 Å². The molecule has 0 bridgehead atoms. The number of likely N-dealkylation sites (N-methyl/N-ethyl adjacent to an activating group) is 1. The van der Waals surface area contributed by atoms with Crippen LogP contribution in [0.15, 0.2) is 182 Å². The standard InChI is InChI=1S/C82H137N2O6P/c1-6-8-10-12-14-16-18-20-22-24-26-28-30-32-34-36-37-38-39-40-41-42-43-44-45-46-47-48-50-52-54-56-58-60-62-64-66-68-70-72-74-76-82(86)83-80(79-90-91(87,88)89-78-77-84(3,4)5)81(85)75-73-71-69-67-65-63-61-59-57-55-53-51-49-35-33-31-29-27-25-23-21-19-17-15-13-11-9-7-2/h8,10,14,16,20,22,26,28,32,34,37-38,40-41,43-44,46-47,50,52,56-59,62,64-65,67,73,75,80-81,85H,6-7,9,11-13,15,17-19,21,23-25,27,29-31,33,35-36,39,42,45,48-49,51,53-55,60-61,63,66,68-72,74,76-79H2,1-5H3,(H-,83,86,87,88)/b10-8-,16-14-,22-20-,28-26-,34-32-,38-37-,41-40-,44-43-,47-46-,52-50-,58-56-,59-57+,64-62-,67-65+,75-73+. The number of quaternary nitrogens is 1. The molecule has 1 amide bonds. The molecular weight excluding hydrogens is 1140 g/mol. The Morgan fingerprint density at radius 1 is 0.396 bits per heavy atom. The minimum absolute atomic E-state index is 0.0240. The highest BCUT2D eigenvalue weighted by Crippen LogP contribution is 2.38. The second kappa shape index (κ2) is 69.9. The Morgan fingerprint density at radius 2 is 0.681 bits per heavy atom. The first-order chi connectivity index (χ1) is 44.5. The Morgan fingerprint density at radius 3 is 1.02 bits per heavy atom. The number of nitrogens with zero attached hydrogens (tertiary/aromatic N) is 1. The highest BCUT2D eigenvalue weighted by molar-refractivity contribution is 7.45. The van der Waals surface area contributed by atoms with Gasteiger partial charge in [0.05, 0.1) is 39.9 Å². The third-order valence-electron chi connectivity index (χ3n) is 15.3. The van der Waals surface area contributed by atoms with Gasteiger partial charge in [-0.05, 0) is 135 Å². The van der Waals surface area contributed by atoms with Gasteiger partial charge in [-0.15, -0.1) is 0 Å². The molecule has 8 nitrogen and oxygen atoms in total. The number of allylic oxidation sites excluding steroid dienone is 29. The highest BCUT2D eigenvalue weighted by atomic mass is 31.2. The SMILES string of the molecule is CC/C=C\C/C=C\C/C=C\C/C=C\C/C=C\C/C=C\C/C=C\C/C=C\C/C=C\C/C=C\C/C=C\C/C=C\CCCCCCC(=O)NC(COP(=O)([O-])OCC[N+](C)(C)C)C(O)/C=C/CC/C=C/CC/C=C/CCCCCCCCCCCCCCCCCCCC. The molecule has 516 valence electrons. The highest BCUT2D eigenvalue weighted by Gasteiger charge is 2.23. The molecule has 3 unspecified atom stereocenters. The van der Waals surface area contributed by atoms with Gasteiger partial charge in [-0.25, -0.2) is 0 Å². The molecule has 2 N–H and O–H groups in total. The van der Waals surface area contributed by atoms with Crippen molar-refractivity contribution in [3.8, 4) is 0 Å². The van der Waals surface area contributed by atoms with Crippen LogP contribution in [0.5, 0.6) is 0 Å². The molecule has 9 heteroatoms. The molecular formula is C82H137N2O6P. The smallest absolute Gasteiger partial charge is 0.268 e. The minimum Gasteiger partial charge on any atom is -0.756 e. The van der Waals surface area contributed by atoms with Gasteiger partial charge >= 0.3 is 0 Å². The van der Waals surface area contributed by atoms with Crippen molar-refractivity contribution in [2.75, 3.05) is 40.9 Å². The zero-order valence-electron chi connectivity index (χ0n) is 59.0. The molecule has 0 aliphatic heterocycles. The summed E-state index contributed by atoms with van der Waals surface area (Å²) < 4.78 is 23.4. The van der Waals surface area contributed by atoms with E-state index in [1.54, 1.807) is 6.08 Å². The summed E-state index contributed by atoms with van der Waals surface area (Å²) in [5.74, 6) is -0.241. The number of carbonyl (C=O) groups is 1. The van der Waals surface area contributed by atoms with Crippen molar-refractivity contribution in [1.82, 2.24) is 5.32 Å². The van der Waals surface area contributed by atoms with Crippen LogP contribution in [0.2, 0.25) is 0 Å². The predicted molar refractivity (Wildman–Crippen MR) is 398 cm³/mol. The van der Waals surface area contributed by atoms with Crippen LogP contribution >= 0.6 is 7.82 Å². The van der Waals surface area contributed by atoms with Crippen LogP contribution in [0.3, 0.4) is 0 Å². The lowest BCUT2D eigenvalue weighted by Gasteiger charge is -2.29. The summed E-state index contributed by atoms with van der Waals surface area (Å²) in [6.07, 6.45) is 112. The Labute approximate surface area is 561 Å². The number of hydrogen-bond donors (Lipinski definition) is 2. The predicted octanol–water partition coefficient (Wildman–Crippen LogP) is 23.4. The van der Waals surface area contributed by atoms with Crippen LogP contribution in [0.1, 0.15) is 277 Å². The third kappa shape index (κ3) is 72.9. The third-order valence-corrected chi connectivity index (χ3v) is 16.3. The van der Waals surface area contributed by atoms with Crippen molar-refractivity contribution in [3.63, 3.8) is 0 Å². The quantitative estimate of drug-likeness (QED) is 0.0272. The van der Waals surface area contributed by atoms with E-state index in [1.807, 2.05) is 27.2 Å². The summed E-state index contributed by atoms with van der Waals surface area (Å²) in [7, 11) is 1.19. The van der Waals surface area contributed by atoms with E-state index in [1.165, 1.54) is 122 Å². The molecule has 3 atom stereocenters. The molecule has 0 spiro atoms. The Bertz CT molecular complexity index is 2140. The molecule has 0 aliphatic carbocycles. The van der Waals surface area contributed by atoms with Crippen LogP contribution in [0.4, 0.5) is 0 Å². The molecule has 0 aromatic carbocycles. The van der Waals surface area contributed by atoms with Gasteiger partial charge in [-0.1, -0.05) is 318 Å². The van der Waals surface area contributed by atoms with Crippen LogP contribution in [-0.2, 0) is 18.4 Å². The van der Waals surface area contributed by atoms with Crippen molar-refractivity contribution in [2.45, 2.75) is 289 Å². The number of aliphatic hydroxyl groups is 1. The van der Waals surface area contributed by atoms with Crippen LogP contribution in [0, 0.1) is 0 Å². The Kier molecular flexibility index (Phi) is 66.5. The number of unbranched alkanes of at least 4 members (excludes halogenated alkanes) is 24. The van der Waals surface area contributed by atoms with E-state index in [0.717, 1.165) is 122 Å². The van der Waals surface area contributed by atoms with Gasteiger partial charge in [-0.2, -0.15) is 0 Å². The first kappa shape index (κ1) is 86.6. The second-order valence-electron chi connectivity index (χ2n) is 25.2. The maximum absolute atomic E-state index is 13.0. The van der Waals surface area contributed by atoms with Gasteiger partial charge < -0.3 is 28.8 Å². The van der Waals surface area contributed by atoms with Gasteiger partial charge in [0, 0.05) is 6.42 Å². The van der Waals surface area contributed by atoms with Crippen molar-refractivity contribution in [3.05, 3.63) is 182 Å². The lowest BCUT2D eigenvalue weighted by molar-refractivity contribution is -0.870. The molecule has 91 heavy (non-hydrogen) atoms. The van der Waals surface area contributed by atoms with E-state index in [4.69, 9.17) is 9.05 Å². The number of amides is 1. The number of aliphatic hydroxyl groups excluding tert-OH is 1. The first-order valence-corrected chi connectivity index (χ1v) is 38.1. The van der Waals surface area contributed by atoms with Crippen LogP contribution in [0.25, 0.3) is 0 Å². The van der Waals surface area contributed by atoms with E-state index < -0.39 is 26.6 Å². The Hall–Kier alpha value is -4.40. The minimum atomic E-state index is -4.64. The zero-order chi connectivity index (χ0) is 66.2. The molecule has 0 saturated heterocycles. The molecule has 0 heterocycles. The van der Waals surface area contributed by atoms with Gasteiger partial charge in [0.25, 0.3) is 7.82 Å². The van der Waals surface area contributed by atoms with Crippen LogP contribution < -0.4 is 10.2 Å². The summed E-state index contributed by atoms with van der Waals surface area (Å²) in [5, 5.41) is 13.9. The maximum atomic E-state index is 13.0. The van der Waals surface area contributed by atoms with E-state index in [2.05, 4.69) is 189 Å². The number of phosphoric ester groups is 1. The van der Waals surface area contributed by atoms with Crippen molar-refractivity contribution in [2.24, 2.45) is 0 Å². The summed E-state index contributed by atoms with van der Waals surface area (Å²) >= 11 is 0. The normalized spacial score (nSPS) is 14.7. The number of nitrogens with one attached hydrogen (secondary N) is 1. The average Bonchev–Trinajstić information content (AvgIpc) is 3.59. The van der Waals surface area contributed by atoms with Gasteiger partial charge in [-0.3, -0.25) is 9.36 Å². The summed E-state index contributed by atoms with van der Waals surface area (Å²) in [5.41, 5.74) is 0. The van der Waals surface area contributed by atoms with Crippen molar-refractivity contribution >= 4 is 13.7 Å². The topological polar surface area (TPSA) is 108 Å². The average molecular weight is 1280 g/mol. The molecule has 0 saturated carbocycles. The number of rotatable bonds is 65. The number of carbonyl (C=O) groups excluding carboxylic acids is 1. The summed E-state index contributed by atoms with van der Waals surface area (Å²) in [6.45, 7) is 4.49. The second-order valence-corrected chi connectivity index (χ2v) is 26.6. The number of hydrogen-bond acceptors (Lipinski definition) is 6. The van der Waals surface area contributed by atoms with Gasteiger partial charge in [0.2, 0.25) is 5.91 Å². The fraction of sp³-hybridized carbons (Fsp3) is 0.622. The van der Waals surface area contributed by atoms with E-state index in [0.29, 0.717) is 23.9 Å². The largest absolute Gasteiger partial charge is 0.756 e. The molecule has 0 radical (unpaired) electrons. The molecule has 0 aliphatic rings. The van der Waals surface area contributed by atoms with Crippen molar-refractivity contribution in [1.29, 1.82) is 0 Å². The molecule has 0 rings (SSSR count). The maximum Gasteiger partial charge on any atom is 0.268 e. The van der Waals surface area contributed by atoms with E-state index in [9.17, 15) is 19.4 Å². The first-order valence-electron chi connectivity index (χ1n) is 36.6. The fourth-order valence-corrected chi connectivity index (χ4v) is 10.4. The fourth-order valence-electron chi connectivity index (χ4n) is 9.70. The lowest BCUT2D eigenvalue weighted by Crippen LogP contribution is -2.45. The van der Waals surface area contributed by atoms with Gasteiger partial charge in [0.15, 0.2) is 0 Å². The lowest BCUT2D eigenvalue weighted by atomic mass is 10.0. The monoisotopic (exact) mass is 1280 g/mol. The molecule has 0 fully saturated rings. The summed E-state index contributed by atoms with van der Waals surface area (Å²) in [4.78, 5) is 25.6. The number of phosphoric acid groups is 1. The molecule has 0 aromatic rings. The van der Waals surface area contributed by atoms with E-state index in [-0.39, 0.29) is 18.9 Å². The zero-order valence-corrected chi connectivity index (χ0v) is 59.9.